The van der Waals surface area contributed by atoms with Crippen molar-refractivity contribution in [1.82, 2.24) is 30.5 Å². The molecule has 0 unspecified atom stereocenters. The molecule has 0 saturated carbocycles. The maximum absolute atomic E-state index is 14.3. The smallest absolute Gasteiger partial charge is 0.167 e. The Morgan fingerprint density at radius 3 is 3.12 bits per heavy atom. The number of ether oxygens (including phenoxy) is 1. The second-order valence-corrected chi connectivity index (χ2v) is 7.30. The molecule has 2 aromatic heterocycles. The third-order valence-electron chi connectivity index (χ3n) is 4.58. The van der Waals surface area contributed by atoms with Crippen LogP contribution in [-0.2, 0) is 6.61 Å². The van der Waals surface area contributed by atoms with Gasteiger partial charge in [0.25, 0.3) is 0 Å². The SMILES string of the molecule is C[C@H]1CNCC[C@H]1c1nc(COc2ccc(-n3cnnn3)cc2F)cs1. The third kappa shape index (κ3) is 3.58. The van der Waals surface area contributed by atoms with E-state index in [1.54, 1.807) is 23.5 Å². The normalized spacial score (nSPS) is 20.2. The van der Waals surface area contributed by atoms with Crippen molar-refractivity contribution in [2.24, 2.45) is 5.92 Å². The third-order valence-corrected chi connectivity index (χ3v) is 5.60. The Morgan fingerprint density at radius 1 is 1.42 bits per heavy atom. The van der Waals surface area contributed by atoms with Crippen molar-refractivity contribution >= 4 is 11.3 Å². The minimum Gasteiger partial charge on any atom is -0.484 e. The van der Waals surface area contributed by atoms with Crippen LogP contribution in [0.1, 0.15) is 30.0 Å². The summed E-state index contributed by atoms with van der Waals surface area (Å²) in [4.78, 5) is 4.70. The number of hydrogen-bond donors (Lipinski definition) is 1. The predicted molar refractivity (Wildman–Crippen MR) is 94.9 cm³/mol. The Hall–Kier alpha value is -2.39. The summed E-state index contributed by atoms with van der Waals surface area (Å²) in [6.45, 7) is 4.54. The van der Waals surface area contributed by atoms with E-state index in [1.165, 1.54) is 17.1 Å². The van der Waals surface area contributed by atoms with Gasteiger partial charge in [0.15, 0.2) is 11.6 Å². The Labute approximate surface area is 154 Å². The number of halogens is 1. The monoisotopic (exact) mass is 374 g/mol. The maximum Gasteiger partial charge on any atom is 0.167 e. The van der Waals surface area contributed by atoms with Gasteiger partial charge in [-0.3, -0.25) is 0 Å². The molecule has 1 saturated heterocycles. The molecule has 1 N–H and O–H groups in total. The molecule has 0 radical (unpaired) electrons. The Kier molecular flexibility index (Phi) is 4.89. The van der Waals surface area contributed by atoms with Gasteiger partial charge in [-0.15, -0.1) is 16.4 Å². The summed E-state index contributed by atoms with van der Waals surface area (Å²) in [6.07, 6.45) is 2.51. The summed E-state index contributed by atoms with van der Waals surface area (Å²) in [5.41, 5.74) is 1.37. The molecular formula is C17H19FN6OS. The van der Waals surface area contributed by atoms with Gasteiger partial charge < -0.3 is 10.1 Å². The van der Waals surface area contributed by atoms with Crippen molar-refractivity contribution in [2.75, 3.05) is 13.1 Å². The number of nitrogens with zero attached hydrogens (tertiary/aromatic N) is 5. The van der Waals surface area contributed by atoms with Crippen molar-refractivity contribution < 1.29 is 9.13 Å². The van der Waals surface area contributed by atoms with Gasteiger partial charge >= 0.3 is 0 Å². The van der Waals surface area contributed by atoms with Crippen LogP contribution in [0.4, 0.5) is 4.39 Å². The van der Waals surface area contributed by atoms with E-state index in [0.717, 1.165) is 30.2 Å². The minimum absolute atomic E-state index is 0.187. The first-order chi connectivity index (χ1) is 12.7. The van der Waals surface area contributed by atoms with E-state index in [-0.39, 0.29) is 12.4 Å². The lowest BCUT2D eigenvalue weighted by molar-refractivity contribution is 0.285. The van der Waals surface area contributed by atoms with E-state index in [2.05, 4.69) is 27.8 Å². The van der Waals surface area contributed by atoms with Crippen molar-refractivity contribution in [1.29, 1.82) is 0 Å². The molecule has 1 aliphatic rings. The van der Waals surface area contributed by atoms with Crippen LogP contribution in [0.2, 0.25) is 0 Å². The minimum atomic E-state index is -0.458. The van der Waals surface area contributed by atoms with E-state index in [1.807, 2.05) is 5.38 Å². The lowest BCUT2D eigenvalue weighted by Gasteiger charge is -2.27. The van der Waals surface area contributed by atoms with Crippen molar-refractivity contribution in [2.45, 2.75) is 25.9 Å². The second kappa shape index (κ2) is 7.46. The van der Waals surface area contributed by atoms with Crippen molar-refractivity contribution in [3.05, 3.63) is 46.4 Å². The van der Waals surface area contributed by atoms with Crippen LogP contribution < -0.4 is 10.1 Å². The van der Waals surface area contributed by atoms with Gasteiger partial charge in [-0.25, -0.2) is 14.1 Å². The highest BCUT2D eigenvalue weighted by Gasteiger charge is 2.25. The average Bonchev–Trinajstić information content (AvgIpc) is 3.33. The number of nitrogens with one attached hydrogen (secondary N) is 1. The summed E-state index contributed by atoms with van der Waals surface area (Å²) in [6, 6.07) is 4.63. The van der Waals surface area contributed by atoms with E-state index in [4.69, 9.17) is 9.72 Å². The zero-order chi connectivity index (χ0) is 17.9. The molecule has 1 aliphatic heterocycles. The molecule has 0 bridgehead atoms. The fourth-order valence-electron chi connectivity index (χ4n) is 3.12. The lowest BCUT2D eigenvalue weighted by atomic mass is 9.88. The molecule has 0 aliphatic carbocycles. The molecule has 9 heteroatoms. The molecule has 136 valence electrons. The Balaban J connectivity index is 1.41. The fraction of sp³-hybridized carbons (Fsp3) is 0.412. The van der Waals surface area contributed by atoms with Crippen LogP contribution in [0.3, 0.4) is 0 Å². The zero-order valence-electron chi connectivity index (χ0n) is 14.3. The van der Waals surface area contributed by atoms with Gasteiger partial charge in [0, 0.05) is 17.4 Å². The first kappa shape index (κ1) is 17.0. The Bertz CT molecular complexity index is 868. The lowest BCUT2D eigenvalue weighted by Crippen LogP contribution is -2.33. The summed E-state index contributed by atoms with van der Waals surface area (Å²) >= 11 is 1.66. The summed E-state index contributed by atoms with van der Waals surface area (Å²) in [5.74, 6) is 0.786. The largest absolute Gasteiger partial charge is 0.484 e. The fourth-order valence-corrected chi connectivity index (χ4v) is 4.19. The van der Waals surface area contributed by atoms with Crippen LogP contribution >= 0.6 is 11.3 Å². The molecule has 3 heterocycles. The van der Waals surface area contributed by atoms with Gasteiger partial charge in [-0.2, -0.15) is 0 Å². The second-order valence-electron chi connectivity index (χ2n) is 6.41. The van der Waals surface area contributed by atoms with Gasteiger partial charge in [-0.05, 0) is 48.0 Å². The Morgan fingerprint density at radius 2 is 2.35 bits per heavy atom. The van der Waals surface area contributed by atoms with E-state index < -0.39 is 5.82 Å². The van der Waals surface area contributed by atoms with Crippen LogP contribution in [-0.4, -0.2) is 38.3 Å². The van der Waals surface area contributed by atoms with Crippen molar-refractivity contribution in [3.63, 3.8) is 0 Å². The van der Waals surface area contributed by atoms with Crippen LogP contribution in [0.5, 0.6) is 5.75 Å². The highest BCUT2D eigenvalue weighted by Crippen LogP contribution is 2.32. The molecule has 0 spiro atoms. The quantitative estimate of drug-likeness (QED) is 0.740. The topological polar surface area (TPSA) is 77.8 Å². The molecule has 3 aromatic rings. The van der Waals surface area contributed by atoms with E-state index in [0.29, 0.717) is 17.5 Å². The van der Waals surface area contributed by atoms with Crippen LogP contribution in [0.25, 0.3) is 5.69 Å². The molecule has 26 heavy (non-hydrogen) atoms. The maximum atomic E-state index is 14.3. The molecule has 1 fully saturated rings. The zero-order valence-corrected chi connectivity index (χ0v) is 15.1. The van der Waals surface area contributed by atoms with Gasteiger partial charge in [0.05, 0.1) is 16.4 Å². The van der Waals surface area contributed by atoms with Gasteiger partial charge in [-0.1, -0.05) is 6.92 Å². The summed E-state index contributed by atoms with van der Waals surface area (Å²) < 4.78 is 21.3. The standard InChI is InChI=1S/C17H19FN6OS/c1-11-7-19-5-4-14(11)17-21-12(9-26-17)8-25-16-3-2-13(6-15(16)18)24-10-20-22-23-24/h2-3,6,9-11,14,19H,4-5,7-8H2,1H3/t11-,14+/m0/s1. The molecule has 0 amide bonds. The highest BCUT2D eigenvalue weighted by molar-refractivity contribution is 7.09. The number of aromatic nitrogens is 5. The number of piperidine rings is 1. The molecule has 1 aromatic carbocycles. The highest BCUT2D eigenvalue weighted by atomic mass is 32.1. The summed E-state index contributed by atoms with van der Waals surface area (Å²) in [5, 5.41) is 17.4. The molecule has 4 rings (SSSR count). The number of benzene rings is 1. The summed E-state index contributed by atoms with van der Waals surface area (Å²) in [7, 11) is 0. The van der Waals surface area contributed by atoms with Crippen molar-refractivity contribution in [3.8, 4) is 11.4 Å². The number of thiazole rings is 1. The first-order valence-electron chi connectivity index (χ1n) is 8.51. The van der Waals surface area contributed by atoms with Crippen LogP contribution in [0, 0.1) is 11.7 Å². The van der Waals surface area contributed by atoms with E-state index >= 15 is 0 Å². The average molecular weight is 374 g/mol. The van der Waals surface area contributed by atoms with Crippen LogP contribution in [0.15, 0.2) is 29.9 Å². The number of tetrazole rings is 1. The van der Waals surface area contributed by atoms with Gasteiger partial charge in [0.2, 0.25) is 0 Å². The molecule has 7 nitrogen and oxygen atoms in total. The first-order valence-corrected chi connectivity index (χ1v) is 9.39. The van der Waals surface area contributed by atoms with E-state index in [9.17, 15) is 4.39 Å². The number of hydrogen-bond acceptors (Lipinski definition) is 7. The molecular weight excluding hydrogens is 355 g/mol. The van der Waals surface area contributed by atoms with Gasteiger partial charge in [0.1, 0.15) is 12.9 Å². The molecule has 2 atom stereocenters. The predicted octanol–water partition coefficient (Wildman–Crippen LogP) is 2.55. The number of rotatable bonds is 5.